The molecule has 2 heterocycles. The first-order chi connectivity index (χ1) is 11.3. The minimum Gasteiger partial charge on any atom is -0.338 e. The molecular weight excluding hydrogens is 321 g/mol. The van der Waals surface area contributed by atoms with Crippen molar-refractivity contribution in [2.75, 3.05) is 32.7 Å². The summed E-state index contributed by atoms with van der Waals surface area (Å²) in [5.41, 5.74) is 0.973. The predicted molar refractivity (Wildman–Crippen MR) is 84.6 cm³/mol. The number of rotatable bonds is 5. The van der Waals surface area contributed by atoms with Crippen LogP contribution in [-0.4, -0.2) is 65.8 Å². The molecule has 0 bridgehead atoms. The molecule has 24 heavy (non-hydrogen) atoms. The van der Waals surface area contributed by atoms with Gasteiger partial charge in [-0.25, -0.2) is 4.79 Å². The molecule has 1 N–H and O–H groups in total. The lowest BCUT2D eigenvalue weighted by Gasteiger charge is -2.39. The highest BCUT2D eigenvalue weighted by molar-refractivity contribution is 5.74. The van der Waals surface area contributed by atoms with Gasteiger partial charge in [0.2, 0.25) is 0 Å². The van der Waals surface area contributed by atoms with E-state index >= 15 is 0 Å². The number of aromatic nitrogens is 1. The molecule has 8 heteroatoms. The summed E-state index contributed by atoms with van der Waals surface area (Å²) < 4.78 is 37.4. The van der Waals surface area contributed by atoms with E-state index in [1.54, 1.807) is 18.0 Å². The number of carbonyl (C=O) groups is 1. The van der Waals surface area contributed by atoms with Gasteiger partial charge in [-0.05, 0) is 31.9 Å². The number of hydrogen-bond acceptors (Lipinski definition) is 3. The monoisotopic (exact) mass is 344 g/mol. The summed E-state index contributed by atoms with van der Waals surface area (Å²) in [6, 6.07) is 5.19. The third-order valence-corrected chi connectivity index (χ3v) is 4.05. The lowest BCUT2D eigenvalue weighted by molar-refractivity contribution is -0.153. The highest BCUT2D eigenvalue weighted by Gasteiger charge is 2.35. The van der Waals surface area contributed by atoms with Crippen LogP contribution in [0.15, 0.2) is 24.4 Å². The largest absolute Gasteiger partial charge is 0.401 e. The topological polar surface area (TPSA) is 48.5 Å². The molecule has 1 fully saturated rings. The van der Waals surface area contributed by atoms with Gasteiger partial charge in [-0.2, -0.15) is 13.2 Å². The number of carbonyl (C=O) groups excluding carboxylic acids is 1. The smallest absolute Gasteiger partial charge is 0.338 e. The van der Waals surface area contributed by atoms with Crippen LogP contribution in [0.3, 0.4) is 0 Å². The molecular formula is C16H23F3N4O. The molecule has 0 aliphatic carbocycles. The van der Waals surface area contributed by atoms with E-state index < -0.39 is 12.7 Å². The number of hydrogen-bond donors (Lipinski definition) is 1. The lowest BCUT2D eigenvalue weighted by Crippen LogP contribution is -2.57. The molecule has 0 aromatic carbocycles. The van der Waals surface area contributed by atoms with Gasteiger partial charge in [0.15, 0.2) is 0 Å². The number of alkyl halides is 3. The zero-order chi connectivity index (χ0) is 17.6. The molecule has 1 aliphatic heterocycles. The standard InChI is InChI=1S/C16H23F3N4O/c1-13-11-22(9-10-23(13)12-16(17,18)19)15(24)21-8-4-6-14-5-2-3-7-20-14/h2-3,5,7,13H,4,6,8-12H2,1H3,(H,21,24)/t13-/m1/s1. The molecule has 134 valence electrons. The molecule has 0 spiro atoms. The molecule has 2 rings (SSSR count). The second-order valence-corrected chi connectivity index (χ2v) is 6.04. The van der Waals surface area contributed by atoms with Crippen LogP contribution >= 0.6 is 0 Å². The first-order valence-corrected chi connectivity index (χ1v) is 8.08. The highest BCUT2D eigenvalue weighted by atomic mass is 19.4. The van der Waals surface area contributed by atoms with Crippen LogP contribution in [0.1, 0.15) is 19.0 Å². The summed E-state index contributed by atoms with van der Waals surface area (Å²) >= 11 is 0. The van der Waals surface area contributed by atoms with Crippen molar-refractivity contribution in [3.63, 3.8) is 0 Å². The first-order valence-electron chi connectivity index (χ1n) is 8.08. The fraction of sp³-hybridized carbons (Fsp3) is 0.625. The SMILES string of the molecule is C[C@@H]1CN(C(=O)NCCCc2ccccn2)CCN1CC(F)(F)F. The molecule has 1 aliphatic rings. The van der Waals surface area contributed by atoms with E-state index in [9.17, 15) is 18.0 Å². The molecule has 5 nitrogen and oxygen atoms in total. The van der Waals surface area contributed by atoms with Crippen molar-refractivity contribution in [1.29, 1.82) is 0 Å². The van der Waals surface area contributed by atoms with Gasteiger partial charge in [0.25, 0.3) is 0 Å². The minimum atomic E-state index is -4.20. The summed E-state index contributed by atoms with van der Waals surface area (Å²) in [6.45, 7) is 2.17. The lowest BCUT2D eigenvalue weighted by atomic mass is 10.2. The van der Waals surface area contributed by atoms with Crippen LogP contribution in [0.2, 0.25) is 0 Å². The van der Waals surface area contributed by atoms with E-state index in [1.807, 2.05) is 18.2 Å². The molecule has 2 amide bonds. The Kier molecular flexibility index (Phi) is 6.42. The Hall–Kier alpha value is -1.83. The van der Waals surface area contributed by atoms with Gasteiger partial charge in [0, 0.05) is 44.1 Å². The second-order valence-electron chi connectivity index (χ2n) is 6.04. The number of nitrogens with one attached hydrogen (secondary N) is 1. The number of amides is 2. The third-order valence-electron chi connectivity index (χ3n) is 4.05. The average Bonchev–Trinajstić information content (AvgIpc) is 2.53. The summed E-state index contributed by atoms with van der Waals surface area (Å²) in [5, 5.41) is 2.82. The van der Waals surface area contributed by atoms with Crippen molar-refractivity contribution < 1.29 is 18.0 Å². The average molecular weight is 344 g/mol. The van der Waals surface area contributed by atoms with Crippen molar-refractivity contribution >= 4 is 6.03 Å². The minimum absolute atomic E-state index is 0.213. The molecule has 1 aromatic heterocycles. The van der Waals surface area contributed by atoms with Crippen molar-refractivity contribution in [3.05, 3.63) is 30.1 Å². The summed E-state index contributed by atoms with van der Waals surface area (Å²) in [4.78, 5) is 19.3. The van der Waals surface area contributed by atoms with Crippen molar-refractivity contribution in [2.45, 2.75) is 32.0 Å². The van der Waals surface area contributed by atoms with Crippen LogP contribution < -0.4 is 5.32 Å². The normalized spacial score (nSPS) is 19.3. The zero-order valence-electron chi connectivity index (χ0n) is 13.7. The number of pyridine rings is 1. The number of halogens is 3. The fourth-order valence-corrected chi connectivity index (χ4v) is 2.77. The maximum absolute atomic E-state index is 12.5. The van der Waals surface area contributed by atoms with Gasteiger partial charge in [0.05, 0.1) is 6.54 Å². The maximum atomic E-state index is 12.5. The van der Waals surface area contributed by atoms with E-state index in [0.29, 0.717) is 19.6 Å². The molecule has 0 unspecified atom stereocenters. The van der Waals surface area contributed by atoms with Crippen LogP contribution in [0.25, 0.3) is 0 Å². The van der Waals surface area contributed by atoms with Crippen molar-refractivity contribution in [2.24, 2.45) is 0 Å². The number of piperazine rings is 1. The summed E-state index contributed by atoms with van der Waals surface area (Å²) in [6.07, 6.45) is -0.927. The van der Waals surface area contributed by atoms with E-state index in [4.69, 9.17) is 0 Å². The summed E-state index contributed by atoms with van der Waals surface area (Å²) in [5.74, 6) is 0. The van der Waals surface area contributed by atoms with Crippen molar-refractivity contribution in [3.8, 4) is 0 Å². The van der Waals surface area contributed by atoms with Gasteiger partial charge in [0.1, 0.15) is 0 Å². The number of nitrogens with zero attached hydrogens (tertiary/aromatic N) is 3. The Labute approximate surface area is 139 Å². The molecule has 1 aromatic rings. The van der Waals surface area contributed by atoms with Gasteiger partial charge in [-0.1, -0.05) is 6.07 Å². The van der Waals surface area contributed by atoms with Crippen molar-refractivity contribution in [1.82, 2.24) is 20.1 Å². The molecule has 1 atom stereocenters. The van der Waals surface area contributed by atoms with Crippen LogP contribution in [-0.2, 0) is 6.42 Å². The van der Waals surface area contributed by atoms with Gasteiger partial charge in [-0.15, -0.1) is 0 Å². The van der Waals surface area contributed by atoms with Gasteiger partial charge in [-0.3, -0.25) is 9.88 Å². The maximum Gasteiger partial charge on any atom is 0.401 e. The molecule has 0 radical (unpaired) electrons. The van der Waals surface area contributed by atoms with Crippen LogP contribution in [0, 0.1) is 0 Å². The zero-order valence-corrected chi connectivity index (χ0v) is 13.7. The van der Waals surface area contributed by atoms with E-state index in [-0.39, 0.29) is 18.6 Å². The van der Waals surface area contributed by atoms with E-state index in [2.05, 4.69) is 10.3 Å². The van der Waals surface area contributed by atoms with Gasteiger partial charge < -0.3 is 10.2 Å². The fourth-order valence-electron chi connectivity index (χ4n) is 2.77. The Morgan fingerprint density at radius 1 is 1.38 bits per heavy atom. The van der Waals surface area contributed by atoms with Gasteiger partial charge >= 0.3 is 12.2 Å². The third kappa shape index (κ3) is 5.99. The van der Waals surface area contributed by atoms with Crippen LogP contribution in [0.4, 0.5) is 18.0 Å². The Morgan fingerprint density at radius 2 is 2.17 bits per heavy atom. The highest BCUT2D eigenvalue weighted by Crippen LogP contribution is 2.20. The Balaban J connectivity index is 1.68. The van der Waals surface area contributed by atoms with E-state index in [1.165, 1.54) is 4.90 Å². The Morgan fingerprint density at radius 3 is 2.79 bits per heavy atom. The first kappa shape index (κ1) is 18.5. The van der Waals surface area contributed by atoms with Crippen LogP contribution in [0.5, 0.6) is 0 Å². The Bertz CT molecular complexity index is 524. The number of aryl methyl sites for hydroxylation is 1. The quantitative estimate of drug-likeness (QED) is 0.834. The van der Waals surface area contributed by atoms with E-state index in [0.717, 1.165) is 18.5 Å². The predicted octanol–water partition coefficient (Wildman–Crippen LogP) is 2.29. The second kappa shape index (κ2) is 8.32. The molecule has 0 saturated carbocycles. The molecule has 1 saturated heterocycles. The number of urea groups is 1. The summed E-state index contributed by atoms with van der Waals surface area (Å²) in [7, 11) is 0.